The maximum atomic E-state index is 11.6. The molecule has 4 nitrogen and oxygen atoms in total. The van der Waals surface area contributed by atoms with E-state index >= 15 is 0 Å². The molecule has 2 atom stereocenters. The first-order chi connectivity index (χ1) is 8.76. The Morgan fingerprint density at radius 1 is 1.22 bits per heavy atom. The largest absolute Gasteiger partial charge is 0.359 e. The number of nitriles is 1. The first-order valence-electron chi connectivity index (χ1n) is 7.11. The second-order valence-corrected chi connectivity index (χ2v) is 5.51. The van der Waals surface area contributed by atoms with Crippen molar-refractivity contribution >= 4 is 5.91 Å². The molecule has 0 spiro atoms. The number of likely N-dealkylation sites (tertiary alicyclic amines) is 1. The molecule has 0 radical (unpaired) electrons. The number of piperidine rings is 1. The maximum Gasteiger partial charge on any atom is 0.222 e. The summed E-state index contributed by atoms with van der Waals surface area (Å²) in [5, 5.41) is 12.0. The second kappa shape index (κ2) is 6.19. The average molecular weight is 249 g/mol. The highest BCUT2D eigenvalue weighted by Gasteiger charge is 2.33. The molecular weight excluding hydrogens is 226 g/mol. The third-order valence-electron chi connectivity index (χ3n) is 4.51. The number of nitrogens with one attached hydrogen (secondary N) is 1. The number of hydrogen-bond acceptors (Lipinski definition) is 3. The summed E-state index contributed by atoms with van der Waals surface area (Å²) < 4.78 is 0. The Bertz CT molecular complexity index is 328. The lowest BCUT2D eigenvalue weighted by molar-refractivity contribution is -0.126. The van der Waals surface area contributed by atoms with E-state index < -0.39 is 0 Å². The van der Waals surface area contributed by atoms with Gasteiger partial charge in [0.05, 0.1) is 12.0 Å². The smallest absolute Gasteiger partial charge is 0.222 e. The predicted octanol–water partition coefficient (Wildman–Crippen LogP) is 1.53. The highest BCUT2D eigenvalue weighted by molar-refractivity contribution is 5.78. The summed E-state index contributed by atoms with van der Waals surface area (Å²) in [7, 11) is 1.71. The fourth-order valence-corrected chi connectivity index (χ4v) is 3.40. The van der Waals surface area contributed by atoms with Crippen molar-refractivity contribution in [3.63, 3.8) is 0 Å². The first-order valence-corrected chi connectivity index (χ1v) is 7.11. The van der Waals surface area contributed by atoms with Crippen molar-refractivity contribution in [2.24, 2.45) is 11.8 Å². The Morgan fingerprint density at radius 3 is 2.50 bits per heavy atom. The van der Waals surface area contributed by atoms with E-state index in [0.717, 1.165) is 38.8 Å². The van der Waals surface area contributed by atoms with Gasteiger partial charge in [-0.05, 0) is 38.8 Å². The Labute approximate surface area is 109 Å². The molecule has 2 aliphatic rings. The van der Waals surface area contributed by atoms with Gasteiger partial charge in [-0.1, -0.05) is 12.8 Å². The van der Waals surface area contributed by atoms with Crippen LogP contribution >= 0.6 is 0 Å². The molecule has 0 bridgehead atoms. The van der Waals surface area contributed by atoms with Gasteiger partial charge in [-0.15, -0.1) is 0 Å². The summed E-state index contributed by atoms with van der Waals surface area (Å²) in [5.74, 6) is 0.556. The van der Waals surface area contributed by atoms with E-state index in [4.69, 9.17) is 0 Å². The van der Waals surface area contributed by atoms with E-state index in [9.17, 15) is 10.1 Å². The third-order valence-corrected chi connectivity index (χ3v) is 4.51. The predicted molar refractivity (Wildman–Crippen MR) is 69.7 cm³/mol. The number of hydrogen-bond donors (Lipinski definition) is 1. The molecule has 0 aromatic heterocycles. The minimum absolute atomic E-state index is 0.176. The minimum atomic E-state index is 0.176. The normalized spacial score (nSPS) is 30.7. The molecule has 0 aromatic rings. The van der Waals surface area contributed by atoms with Gasteiger partial charge in [-0.3, -0.25) is 9.69 Å². The van der Waals surface area contributed by atoms with Crippen LogP contribution in [-0.4, -0.2) is 37.0 Å². The lowest BCUT2D eigenvalue weighted by Gasteiger charge is -2.40. The summed E-state index contributed by atoms with van der Waals surface area (Å²) in [4.78, 5) is 14.0. The molecule has 1 saturated carbocycles. The number of carbonyl (C=O) groups excluding carboxylic acids is 1. The molecule has 1 N–H and O–H groups in total. The lowest BCUT2D eigenvalue weighted by Crippen LogP contribution is -2.48. The maximum absolute atomic E-state index is 11.6. The first kappa shape index (κ1) is 13.4. The standard InChI is InChI=1S/C14H23N3O/c1-16-14(18)11-6-8-17(9-7-11)13-5-3-2-4-12(13)10-15/h11-13H,2-9H2,1H3,(H,16,18). The van der Waals surface area contributed by atoms with Crippen LogP contribution in [0.1, 0.15) is 38.5 Å². The highest BCUT2D eigenvalue weighted by Crippen LogP contribution is 2.30. The Kier molecular flexibility index (Phi) is 4.60. The van der Waals surface area contributed by atoms with Crippen LogP contribution in [0.15, 0.2) is 0 Å². The van der Waals surface area contributed by atoms with E-state index in [1.54, 1.807) is 7.05 Å². The third kappa shape index (κ3) is 2.84. The van der Waals surface area contributed by atoms with Gasteiger partial charge in [0, 0.05) is 19.0 Å². The van der Waals surface area contributed by atoms with Gasteiger partial charge in [0.1, 0.15) is 0 Å². The molecule has 4 heteroatoms. The van der Waals surface area contributed by atoms with Gasteiger partial charge >= 0.3 is 0 Å². The molecule has 2 fully saturated rings. The molecule has 2 unspecified atom stereocenters. The fraction of sp³-hybridized carbons (Fsp3) is 0.857. The van der Waals surface area contributed by atoms with E-state index in [2.05, 4.69) is 16.3 Å². The number of nitrogens with zero attached hydrogens (tertiary/aromatic N) is 2. The summed E-state index contributed by atoms with van der Waals surface area (Å²) in [5.41, 5.74) is 0. The van der Waals surface area contributed by atoms with Crippen molar-refractivity contribution in [1.82, 2.24) is 10.2 Å². The zero-order valence-corrected chi connectivity index (χ0v) is 11.2. The van der Waals surface area contributed by atoms with Crippen LogP contribution in [0.5, 0.6) is 0 Å². The van der Waals surface area contributed by atoms with E-state index in [0.29, 0.717) is 6.04 Å². The van der Waals surface area contributed by atoms with Crippen molar-refractivity contribution in [2.75, 3.05) is 20.1 Å². The van der Waals surface area contributed by atoms with Gasteiger partial charge in [-0.25, -0.2) is 0 Å². The highest BCUT2D eigenvalue weighted by atomic mass is 16.1. The zero-order valence-electron chi connectivity index (χ0n) is 11.2. The van der Waals surface area contributed by atoms with E-state index in [1.165, 1.54) is 12.8 Å². The monoisotopic (exact) mass is 249 g/mol. The van der Waals surface area contributed by atoms with Gasteiger partial charge in [-0.2, -0.15) is 5.26 Å². The molecule has 1 heterocycles. The quantitative estimate of drug-likeness (QED) is 0.807. The van der Waals surface area contributed by atoms with Crippen LogP contribution in [-0.2, 0) is 4.79 Å². The Hall–Kier alpha value is -1.08. The van der Waals surface area contributed by atoms with Crippen LogP contribution in [0.2, 0.25) is 0 Å². The van der Waals surface area contributed by atoms with Crippen LogP contribution in [0.25, 0.3) is 0 Å². The molecule has 2 rings (SSSR count). The lowest BCUT2D eigenvalue weighted by atomic mass is 9.83. The number of amides is 1. The van der Waals surface area contributed by atoms with Gasteiger partial charge in [0.2, 0.25) is 5.91 Å². The summed E-state index contributed by atoms with van der Waals surface area (Å²) >= 11 is 0. The van der Waals surface area contributed by atoms with Crippen LogP contribution in [0.3, 0.4) is 0 Å². The van der Waals surface area contributed by atoms with Crippen molar-refractivity contribution in [2.45, 2.75) is 44.6 Å². The van der Waals surface area contributed by atoms with E-state index in [1.807, 2.05) is 0 Å². The number of rotatable bonds is 2. The molecule has 100 valence electrons. The zero-order chi connectivity index (χ0) is 13.0. The van der Waals surface area contributed by atoms with Crippen LogP contribution < -0.4 is 5.32 Å². The summed E-state index contributed by atoms with van der Waals surface area (Å²) in [6.45, 7) is 1.95. The SMILES string of the molecule is CNC(=O)C1CCN(C2CCCCC2C#N)CC1. The van der Waals surface area contributed by atoms with Gasteiger partial charge in [0.25, 0.3) is 0 Å². The molecule has 1 aliphatic heterocycles. The Balaban J connectivity index is 1.89. The second-order valence-electron chi connectivity index (χ2n) is 5.51. The molecule has 18 heavy (non-hydrogen) atoms. The van der Waals surface area contributed by atoms with Gasteiger partial charge < -0.3 is 5.32 Å². The van der Waals surface area contributed by atoms with Crippen LogP contribution in [0.4, 0.5) is 0 Å². The van der Waals surface area contributed by atoms with Crippen LogP contribution in [0, 0.1) is 23.2 Å². The molecular formula is C14H23N3O. The molecule has 1 aliphatic carbocycles. The number of carbonyl (C=O) groups is 1. The Morgan fingerprint density at radius 2 is 1.89 bits per heavy atom. The van der Waals surface area contributed by atoms with Crippen molar-refractivity contribution < 1.29 is 4.79 Å². The molecule has 1 saturated heterocycles. The minimum Gasteiger partial charge on any atom is -0.359 e. The van der Waals surface area contributed by atoms with Crippen molar-refractivity contribution in [1.29, 1.82) is 5.26 Å². The topological polar surface area (TPSA) is 56.1 Å². The molecule has 1 amide bonds. The fourth-order valence-electron chi connectivity index (χ4n) is 3.40. The van der Waals surface area contributed by atoms with E-state index in [-0.39, 0.29) is 17.7 Å². The average Bonchev–Trinajstić information content (AvgIpc) is 2.46. The molecule has 0 aromatic carbocycles. The van der Waals surface area contributed by atoms with Gasteiger partial charge in [0.15, 0.2) is 0 Å². The van der Waals surface area contributed by atoms with Crippen molar-refractivity contribution in [3.05, 3.63) is 0 Å². The van der Waals surface area contributed by atoms with Crippen molar-refractivity contribution in [3.8, 4) is 6.07 Å². The summed E-state index contributed by atoms with van der Waals surface area (Å²) in [6, 6.07) is 2.91. The summed E-state index contributed by atoms with van der Waals surface area (Å²) in [6.07, 6.45) is 6.53.